The van der Waals surface area contributed by atoms with E-state index < -0.39 is 38.0 Å². The summed E-state index contributed by atoms with van der Waals surface area (Å²) in [6, 6.07) is 10.6. The lowest BCUT2D eigenvalue weighted by atomic mass is 9.74. The minimum Gasteiger partial charge on any atom is -0.468 e. The zero-order chi connectivity index (χ0) is 24.0. The Morgan fingerprint density at radius 3 is 2.39 bits per heavy atom. The highest BCUT2D eigenvalue weighted by molar-refractivity contribution is 7.89. The number of ether oxygens (including phenoxy) is 1. The van der Waals surface area contributed by atoms with Crippen molar-refractivity contribution in [3.63, 3.8) is 0 Å². The number of methoxy groups -OCH3 is 1. The number of hydrogen-bond acceptors (Lipinski definition) is 5. The number of fused-ring (bicyclic) bond motifs is 2. The van der Waals surface area contributed by atoms with Crippen LogP contribution in [0.5, 0.6) is 0 Å². The molecule has 1 spiro atoms. The SMILES string of the molecule is COC(=O)CN1C(=O)C2(CCN(S(=O)(=O)c3cccc(C(F)(F)F)c3)CC2)c2ccccc21. The number of nitrogens with zero attached hydrogens (tertiary/aromatic N) is 2. The predicted octanol–water partition coefficient (Wildman–Crippen LogP) is 2.95. The molecule has 0 atom stereocenters. The summed E-state index contributed by atoms with van der Waals surface area (Å²) in [5.74, 6) is -0.898. The normalized spacial score (nSPS) is 18.4. The van der Waals surface area contributed by atoms with E-state index in [0.29, 0.717) is 17.3 Å². The van der Waals surface area contributed by atoms with E-state index in [1.807, 2.05) is 0 Å². The molecule has 11 heteroatoms. The topological polar surface area (TPSA) is 84.0 Å². The Labute approximate surface area is 188 Å². The fourth-order valence-corrected chi connectivity index (χ4v) is 6.01. The molecule has 0 unspecified atom stereocenters. The van der Waals surface area contributed by atoms with Gasteiger partial charge >= 0.3 is 12.1 Å². The number of halogens is 3. The molecule has 2 aliphatic heterocycles. The summed E-state index contributed by atoms with van der Waals surface area (Å²) in [5.41, 5.74) is -0.780. The van der Waals surface area contributed by atoms with Crippen LogP contribution in [-0.2, 0) is 35.9 Å². The lowest BCUT2D eigenvalue weighted by Gasteiger charge is -2.37. The highest BCUT2D eigenvalue weighted by Crippen LogP contribution is 2.48. The molecule has 0 bridgehead atoms. The van der Waals surface area contributed by atoms with E-state index in [0.717, 1.165) is 22.5 Å². The number of sulfonamides is 1. The van der Waals surface area contributed by atoms with E-state index in [1.165, 1.54) is 12.0 Å². The quantitative estimate of drug-likeness (QED) is 0.626. The molecule has 1 saturated heterocycles. The van der Waals surface area contributed by atoms with Gasteiger partial charge in [0.2, 0.25) is 15.9 Å². The van der Waals surface area contributed by atoms with Crippen molar-refractivity contribution in [1.82, 2.24) is 4.31 Å². The van der Waals surface area contributed by atoms with Crippen LogP contribution in [0.4, 0.5) is 18.9 Å². The van der Waals surface area contributed by atoms with Crippen LogP contribution in [0.2, 0.25) is 0 Å². The summed E-state index contributed by atoms with van der Waals surface area (Å²) < 4.78 is 71.0. The second kappa shape index (κ2) is 8.14. The summed E-state index contributed by atoms with van der Waals surface area (Å²) in [6.07, 6.45) is -4.39. The Morgan fingerprint density at radius 1 is 1.09 bits per heavy atom. The van der Waals surface area contributed by atoms with Gasteiger partial charge in [-0.3, -0.25) is 9.59 Å². The first kappa shape index (κ1) is 23.2. The molecule has 1 amide bonds. The number of amides is 1. The van der Waals surface area contributed by atoms with Gasteiger partial charge in [-0.05, 0) is 42.7 Å². The van der Waals surface area contributed by atoms with E-state index in [9.17, 15) is 31.2 Å². The molecule has 0 aromatic heterocycles. The molecule has 0 aliphatic carbocycles. The molecular formula is C22H21F3N2O5S. The molecule has 2 heterocycles. The zero-order valence-corrected chi connectivity index (χ0v) is 18.4. The van der Waals surface area contributed by atoms with Gasteiger partial charge in [0.25, 0.3) is 0 Å². The molecule has 2 aromatic rings. The summed E-state index contributed by atoms with van der Waals surface area (Å²) in [7, 11) is -2.96. The molecule has 0 saturated carbocycles. The smallest absolute Gasteiger partial charge is 0.416 e. The molecule has 2 aromatic carbocycles. The van der Waals surface area contributed by atoms with Crippen molar-refractivity contribution < 1.29 is 35.9 Å². The average molecular weight is 482 g/mol. The van der Waals surface area contributed by atoms with Gasteiger partial charge in [0, 0.05) is 18.8 Å². The lowest BCUT2D eigenvalue weighted by Crippen LogP contribution is -2.50. The maximum atomic E-state index is 13.4. The molecule has 7 nitrogen and oxygen atoms in total. The zero-order valence-electron chi connectivity index (χ0n) is 17.6. The van der Waals surface area contributed by atoms with Crippen molar-refractivity contribution in [2.75, 3.05) is 31.6 Å². The summed E-state index contributed by atoms with van der Waals surface area (Å²) in [4.78, 5) is 26.1. The molecule has 2 aliphatic rings. The number of rotatable bonds is 4. The largest absolute Gasteiger partial charge is 0.468 e. The minimum atomic E-state index is -4.67. The summed E-state index contributed by atoms with van der Waals surface area (Å²) in [6.45, 7) is -0.365. The van der Waals surface area contributed by atoms with Crippen molar-refractivity contribution in [3.8, 4) is 0 Å². The standard InChI is InChI=1S/C22H21F3N2O5S/c1-32-19(28)14-27-18-8-3-2-7-17(18)21(20(27)29)9-11-26(12-10-21)33(30,31)16-6-4-5-15(13-16)22(23,24)25/h2-8,13H,9-12,14H2,1H3. The molecule has 0 N–H and O–H groups in total. The lowest BCUT2D eigenvalue weighted by molar-refractivity contribution is -0.140. The van der Waals surface area contributed by atoms with Gasteiger partial charge in [0.05, 0.1) is 23.0 Å². The van der Waals surface area contributed by atoms with Crippen molar-refractivity contribution in [2.45, 2.75) is 29.3 Å². The van der Waals surface area contributed by atoms with Gasteiger partial charge in [-0.1, -0.05) is 24.3 Å². The van der Waals surface area contributed by atoms with E-state index in [-0.39, 0.29) is 38.4 Å². The van der Waals surface area contributed by atoms with Crippen LogP contribution in [0.15, 0.2) is 53.4 Å². The number of carbonyl (C=O) groups excluding carboxylic acids is 2. The maximum absolute atomic E-state index is 13.4. The number of para-hydroxylation sites is 1. The van der Waals surface area contributed by atoms with Crippen LogP contribution >= 0.6 is 0 Å². The Kier molecular flexibility index (Phi) is 5.73. The number of carbonyl (C=O) groups is 2. The number of alkyl halides is 3. The van der Waals surface area contributed by atoms with Crippen LogP contribution in [0.1, 0.15) is 24.0 Å². The Hall–Kier alpha value is -2.92. The third kappa shape index (κ3) is 3.89. The fraction of sp³-hybridized carbons (Fsp3) is 0.364. The first-order valence-electron chi connectivity index (χ1n) is 10.2. The third-order valence-corrected chi connectivity index (χ3v) is 8.15. The highest BCUT2D eigenvalue weighted by atomic mass is 32.2. The van der Waals surface area contributed by atoms with E-state index >= 15 is 0 Å². The molecule has 33 heavy (non-hydrogen) atoms. The van der Waals surface area contributed by atoms with E-state index in [2.05, 4.69) is 0 Å². The predicted molar refractivity (Wildman–Crippen MR) is 112 cm³/mol. The number of benzene rings is 2. The van der Waals surface area contributed by atoms with Gasteiger partial charge in [-0.2, -0.15) is 17.5 Å². The molecular weight excluding hydrogens is 461 g/mol. The second-order valence-electron chi connectivity index (χ2n) is 8.00. The van der Waals surface area contributed by atoms with Gasteiger partial charge in [0.1, 0.15) is 6.54 Å². The molecule has 176 valence electrons. The van der Waals surface area contributed by atoms with Crippen LogP contribution in [-0.4, -0.2) is 51.3 Å². The molecule has 1 fully saturated rings. The van der Waals surface area contributed by atoms with Gasteiger partial charge < -0.3 is 9.64 Å². The van der Waals surface area contributed by atoms with Gasteiger partial charge in [0.15, 0.2) is 0 Å². The van der Waals surface area contributed by atoms with Gasteiger partial charge in [-0.15, -0.1) is 0 Å². The monoisotopic (exact) mass is 482 g/mol. The first-order chi connectivity index (χ1) is 15.5. The van der Waals surface area contributed by atoms with Crippen LogP contribution in [0.25, 0.3) is 0 Å². The van der Waals surface area contributed by atoms with Crippen molar-refractivity contribution in [2.24, 2.45) is 0 Å². The molecule has 0 radical (unpaired) electrons. The molecule has 4 rings (SSSR count). The number of piperidine rings is 1. The summed E-state index contributed by atoms with van der Waals surface area (Å²) >= 11 is 0. The Balaban J connectivity index is 1.61. The number of esters is 1. The average Bonchev–Trinajstić information content (AvgIpc) is 3.01. The van der Waals surface area contributed by atoms with Crippen LogP contribution in [0.3, 0.4) is 0 Å². The van der Waals surface area contributed by atoms with Crippen LogP contribution in [0, 0.1) is 0 Å². The van der Waals surface area contributed by atoms with E-state index in [1.54, 1.807) is 24.3 Å². The summed E-state index contributed by atoms with van der Waals surface area (Å²) in [5, 5.41) is 0. The highest BCUT2D eigenvalue weighted by Gasteiger charge is 2.53. The number of anilines is 1. The van der Waals surface area contributed by atoms with Gasteiger partial charge in [-0.25, -0.2) is 8.42 Å². The van der Waals surface area contributed by atoms with Crippen molar-refractivity contribution in [3.05, 3.63) is 59.7 Å². The second-order valence-corrected chi connectivity index (χ2v) is 9.93. The minimum absolute atomic E-state index is 0.0509. The fourth-order valence-electron chi connectivity index (χ4n) is 4.52. The Bertz CT molecular complexity index is 1200. The maximum Gasteiger partial charge on any atom is 0.416 e. The van der Waals surface area contributed by atoms with E-state index in [4.69, 9.17) is 4.74 Å². The van der Waals surface area contributed by atoms with Crippen LogP contribution < -0.4 is 4.90 Å². The van der Waals surface area contributed by atoms with Crippen molar-refractivity contribution in [1.29, 1.82) is 0 Å². The number of hydrogen-bond donors (Lipinski definition) is 0. The first-order valence-corrected chi connectivity index (χ1v) is 11.6. The van der Waals surface area contributed by atoms with Crippen molar-refractivity contribution >= 4 is 27.6 Å². The third-order valence-electron chi connectivity index (χ3n) is 6.25. The Morgan fingerprint density at radius 2 is 1.76 bits per heavy atom.